The number of aliphatic hydroxyl groups excluding tert-OH is 2. The van der Waals surface area contributed by atoms with Crippen LogP contribution in [0.2, 0.25) is 0 Å². The second kappa shape index (κ2) is 46.1. The standard InChI is InChI=1S/C52H97N6O17P.C2H4O2/c1-8-9-10-11-12-13-14-15-16-17-18-19-20-26-48(66)72-37-42(38-74-76(70,71)73-33-32-58(5,6)7)75-49(67)27-22-24-31-57(4)30-23-21-25-44(45(62)28-29-46(63)54-36-47(64)65)56-51(68)43(39(2)59)34-41(61)35-55-52(69)50(53)40(3)60;1-2(3)4/h39-40,42-44,50,59-60H,8-38,53H2,1-7H3,(H4-,54,55,56,63,64,65,68,69,70,71);1H3,(H,3,4)/t39-,40-,42-,43+,44+,50+;/m1./s1. The summed E-state index contributed by atoms with van der Waals surface area (Å²) in [5.74, 6) is -8.06. The molecule has 0 aliphatic heterocycles. The fraction of sp³-hybridized carbons (Fsp3) is 0.833. The van der Waals surface area contributed by atoms with Crippen LogP contribution in [0.5, 0.6) is 0 Å². The first-order chi connectivity index (χ1) is 37.5. The molecule has 1 unspecified atom stereocenters. The summed E-state index contributed by atoms with van der Waals surface area (Å²) < 4.78 is 33.9. The number of likely N-dealkylation sites (N-methyl/N-ethyl adjacent to an activating group) is 1. The number of hydrogen-bond donors (Lipinski definition) is 7. The average molecular weight is 1170 g/mol. The van der Waals surface area contributed by atoms with E-state index in [0.717, 1.165) is 26.2 Å². The molecular formula is C54H101N6O19P. The summed E-state index contributed by atoms with van der Waals surface area (Å²) in [6.45, 7) is 5.10. The minimum Gasteiger partial charge on any atom is -0.756 e. The molecule has 0 aromatic heterocycles. The number of ketones is 2. The van der Waals surface area contributed by atoms with Gasteiger partial charge in [-0.05, 0) is 79.4 Å². The Morgan fingerprint density at radius 2 is 1.21 bits per heavy atom. The van der Waals surface area contributed by atoms with Crippen molar-refractivity contribution in [2.75, 3.05) is 80.7 Å². The van der Waals surface area contributed by atoms with Crippen LogP contribution in [-0.2, 0) is 66.2 Å². The highest BCUT2D eigenvalue weighted by Crippen LogP contribution is 2.38. The molecule has 0 fully saturated rings. The first kappa shape index (κ1) is 77.6. The van der Waals surface area contributed by atoms with Gasteiger partial charge in [-0.2, -0.15) is 0 Å². The van der Waals surface area contributed by atoms with Crippen LogP contribution < -0.4 is 31.7 Å². The molecule has 25 nitrogen and oxygen atoms in total. The maximum atomic E-state index is 13.4. The molecule has 9 N–H and O–H groups in total. The predicted molar refractivity (Wildman–Crippen MR) is 292 cm³/mol. The SMILES string of the molecule is CC(=O)[O-].CCCCCCCCCCCCCCCC(=O)OC[C@H](COP(=O)([O-])OCC[N+](C)(C)C)OC(=O)CCCCN(C)CCCC[C@H](NC(=O)[C@@H](CC(=O)CNC(=O)[C@@H]([NH3+])[C@@H](C)O)[C@@H](C)O)C(=O)CCC(=O)NCC(=O)O. The third kappa shape index (κ3) is 47.2. The van der Waals surface area contributed by atoms with E-state index in [2.05, 4.69) is 28.6 Å². The smallest absolute Gasteiger partial charge is 0.322 e. The Morgan fingerprint density at radius 1 is 0.688 bits per heavy atom. The molecule has 0 saturated carbocycles. The Labute approximate surface area is 474 Å². The van der Waals surface area contributed by atoms with Gasteiger partial charge in [0.25, 0.3) is 13.7 Å². The van der Waals surface area contributed by atoms with Crippen LogP contribution in [0.1, 0.15) is 175 Å². The minimum atomic E-state index is -4.77. The number of aliphatic carboxylic acids is 2. The number of aliphatic hydroxyl groups is 2. The van der Waals surface area contributed by atoms with Crippen LogP contribution in [0.25, 0.3) is 0 Å². The van der Waals surface area contributed by atoms with Crippen molar-refractivity contribution in [3.8, 4) is 0 Å². The molecule has 0 aliphatic rings. The number of Topliss-reactive ketones (excluding diaryl/α,β-unsaturated/α-hetero) is 2. The maximum absolute atomic E-state index is 13.4. The summed E-state index contributed by atoms with van der Waals surface area (Å²) in [6.07, 6.45) is 12.6. The van der Waals surface area contributed by atoms with Crippen LogP contribution in [0.4, 0.5) is 0 Å². The Morgan fingerprint density at radius 3 is 1.74 bits per heavy atom. The number of nitrogens with one attached hydrogen (secondary N) is 3. The van der Waals surface area contributed by atoms with E-state index in [1.807, 2.05) is 33.1 Å². The van der Waals surface area contributed by atoms with Gasteiger partial charge in [-0.1, -0.05) is 84.0 Å². The van der Waals surface area contributed by atoms with Crippen LogP contribution in [0.3, 0.4) is 0 Å². The molecule has 7 atom stereocenters. The Balaban J connectivity index is 0. The Bertz CT molecular complexity index is 1850. The first-order valence-corrected chi connectivity index (χ1v) is 29.9. The fourth-order valence-corrected chi connectivity index (χ4v) is 8.37. The molecule has 80 heavy (non-hydrogen) atoms. The van der Waals surface area contributed by atoms with Gasteiger partial charge in [0, 0.05) is 38.1 Å². The topological polar surface area (TPSA) is 381 Å². The number of carboxylic acid groups (broad SMARTS) is 2. The number of rotatable bonds is 49. The van der Waals surface area contributed by atoms with Gasteiger partial charge in [0.15, 0.2) is 23.7 Å². The Hall–Kier alpha value is -4.46. The third-order valence-corrected chi connectivity index (χ3v) is 13.5. The van der Waals surface area contributed by atoms with Gasteiger partial charge in [0.1, 0.15) is 32.4 Å². The quantitative estimate of drug-likeness (QED) is 0.0195. The second-order valence-corrected chi connectivity index (χ2v) is 22.9. The highest BCUT2D eigenvalue weighted by Gasteiger charge is 2.31. The zero-order valence-corrected chi connectivity index (χ0v) is 50.2. The lowest BCUT2D eigenvalue weighted by molar-refractivity contribution is -0.870. The fourth-order valence-electron chi connectivity index (χ4n) is 7.64. The van der Waals surface area contributed by atoms with Crippen molar-refractivity contribution >= 4 is 61.0 Å². The van der Waals surface area contributed by atoms with Crippen molar-refractivity contribution < 1.29 is 102 Å². The molecular weight excluding hydrogens is 1070 g/mol. The number of carbonyl (C=O) groups is 9. The number of phosphoric ester groups is 1. The van der Waals surface area contributed by atoms with E-state index in [0.29, 0.717) is 56.2 Å². The molecule has 0 aliphatic carbocycles. The molecule has 0 aromatic carbocycles. The number of carbonyl (C=O) groups excluding carboxylic acids is 8. The van der Waals surface area contributed by atoms with Gasteiger partial charge < -0.3 is 79.7 Å². The maximum Gasteiger partial charge on any atom is 0.322 e. The van der Waals surface area contributed by atoms with Gasteiger partial charge in [0.2, 0.25) is 11.8 Å². The lowest BCUT2D eigenvalue weighted by Crippen LogP contribution is -2.72. The number of amides is 3. The molecule has 0 rings (SSSR count). The normalized spacial score (nSPS) is 14.4. The zero-order chi connectivity index (χ0) is 61.1. The van der Waals surface area contributed by atoms with Crippen molar-refractivity contribution in [1.29, 1.82) is 0 Å². The van der Waals surface area contributed by atoms with E-state index < -0.39 is 130 Å². The molecule has 0 bridgehead atoms. The van der Waals surface area contributed by atoms with Crippen LogP contribution in [-0.4, -0.2) is 189 Å². The third-order valence-electron chi connectivity index (χ3n) is 12.6. The summed E-state index contributed by atoms with van der Waals surface area (Å²) in [4.78, 5) is 124. The van der Waals surface area contributed by atoms with E-state index in [-0.39, 0.29) is 38.7 Å². The number of quaternary nitrogens is 2. The molecule has 0 aromatic rings. The highest BCUT2D eigenvalue weighted by atomic mass is 31.2. The van der Waals surface area contributed by atoms with E-state index in [9.17, 15) is 58.0 Å². The average Bonchev–Trinajstić information content (AvgIpc) is 3.36. The van der Waals surface area contributed by atoms with Crippen molar-refractivity contribution in [3.63, 3.8) is 0 Å². The molecule has 0 radical (unpaired) electrons. The number of phosphoric acid groups is 1. The van der Waals surface area contributed by atoms with E-state index >= 15 is 0 Å². The van der Waals surface area contributed by atoms with E-state index in [1.54, 1.807) is 0 Å². The van der Waals surface area contributed by atoms with Gasteiger partial charge in [-0.25, -0.2) is 0 Å². The van der Waals surface area contributed by atoms with Crippen LogP contribution in [0, 0.1) is 5.92 Å². The molecule has 3 amide bonds. The van der Waals surface area contributed by atoms with Crippen molar-refractivity contribution in [2.24, 2.45) is 5.92 Å². The predicted octanol–water partition coefficient (Wildman–Crippen LogP) is 1.26. The number of carboxylic acids is 2. The zero-order valence-electron chi connectivity index (χ0n) is 49.3. The van der Waals surface area contributed by atoms with Crippen molar-refractivity contribution in [3.05, 3.63) is 0 Å². The molecule has 26 heteroatoms. The van der Waals surface area contributed by atoms with Crippen molar-refractivity contribution in [1.82, 2.24) is 20.9 Å². The largest absolute Gasteiger partial charge is 0.756 e. The number of esters is 2. The summed E-state index contributed by atoms with van der Waals surface area (Å²) in [5, 5.41) is 44.9. The molecule has 466 valence electrons. The Kier molecular flexibility index (Phi) is 44.7. The van der Waals surface area contributed by atoms with E-state index in [4.69, 9.17) is 33.5 Å². The highest BCUT2D eigenvalue weighted by molar-refractivity contribution is 7.45. The number of ether oxygens (including phenoxy) is 2. The van der Waals surface area contributed by atoms with Gasteiger partial charge in [-0.3, -0.25) is 42.9 Å². The molecule has 0 heterocycles. The summed E-state index contributed by atoms with van der Waals surface area (Å²) in [7, 11) is 2.71. The van der Waals surface area contributed by atoms with E-state index in [1.165, 1.54) is 71.6 Å². The number of nitrogens with zero attached hydrogens (tertiary/aromatic N) is 2. The number of unbranched alkanes of at least 4 members (excludes halogenated alkanes) is 14. The lowest BCUT2D eigenvalue weighted by Gasteiger charge is -2.28. The summed E-state index contributed by atoms with van der Waals surface area (Å²) >= 11 is 0. The lowest BCUT2D eigenvalue weighted by atomic mass is 9.94. The minimum absolute atomic E-state index is 0.0164. The monoisotopic (exact) mass is 1170 g/mol. The molecule has 0 saturated heterocycles. The first-order valence-electron chi connectivity index (χ1n) is 28.4. The van der Waals surface area contributed by atoms with Gasteiger partial charge in [0.05, 0.1) is 52.4 Å². The number of hydrogen-bond acceptors (Lipinski definition) is 19. The van der Waals surface area contributed by atoms with Crippen LogP contribution in [0.15, 0.2) is 0 Å². The molecule has 0 spiro atoms. The van der Waals surface area contributed by atoms with Gasteiger partial charge in [-0.15, -0.1) is 0 Å². The summed E-state index contributed by atoms with van der Waals surface area (Å²) in [6, 6.07) is -2.16. The van der Waals surface area contributed by atoms with Crippen molar-refractivity contribution in [2.45, 2.75) is 206 Å². The van der Waals surface area contributed by atoms with Crippen LogP contribution >= 0.6 is 7.82 Å². The van der Waals surface area contributed by atoms with Gasteiger partial charge >= 0.3 is 17.9 Å². The summed E-state index contributed by atoms with van der Waals surface area (Å²) in [5.41, 5.74) is 3.53. The second-order valence-electron chi connectivity index (χ2n) is 21.5.